The Kier molecular flexibility index (Phi) is 5.81. The predicted molar refractivity (Wildman–Crippen MR) is 122 cm³/mol. The topological polar surface area (TPSA) is 91.2 Å². The van der Waals surface area contributed by atoms with Crippen molar-refractivity contribution in [3.05, 3.63) is 77.4 Å². The van der Waals surface area contributed by atoms with Crippen LogP contribution < -0.4 is 15.0 Å². The van der Waals surface area contributed by atoms with E-state index in [9.17, 15) is 14.7 Å². The summed E-state index contributed by atoms with van der Waals surface area (Å²) in [6, 6.07) is 14.3. The number of rotatable bonds is 5. The van der Waals surface area contributed by atoms with Gasteiger partial charge in [0.2, 0.25) is 0 Å². The van der Waals surface area contributed by atoms with E-state index in [4.69, 9.17) is 4.74 Å². The van der Waals surface area contributed by atoms with Crippen molar-refractivity contribution in [1.82, 2.24) is 5.32 Å². The van der Waals surface area contributed by atoms with E-state index in [0.717, 1.165) is 23.1 Å². The number of hydrogen-bond acceptors (Lipinski definition) is 5. The predicted octanol–water partition coefficient (Wildman–Crippen LogP) is 4.56. The number of para-hydroxylation sites is 1. The summed E-state index contributed by atoms with van der Waals surface area (Å²) in [5.41, 5.74) is 1.56. The number of aliphatic carboxylic acids is 1. The van der Waals surface area contributed by atoms with E-state index in [2.05, 4.69) is 10.3 Å². The molecule has 31 heavy (non-hydrogen) atoms. The van der Waals surface area contributed by atoms with Gasteiger partial charge in [0.15, 0.2) is 0 Å². The average Bonchev–Trinajstić information content (AvgIpc) is 3.21. The number of aryl methyl sites for hydroxylation is 1. The lowest BCUT2D eigenvalue weighted by atomic mass is 9.95. The molecule has 2 amide bonds. The summed E-state index contributed by atoms with van der Waals surface area (Å²) in [5, 5.41) is 12.7. The molecule has 0 bridgehead atoms. The van der Waals surface area contributed by atoms with Gasteiger partial charge < -0.3 is 15.2 Å². The van der Waals surface area contributed by atoms with Gasteiger partial charge in [-0.1, -0.05) is 36.0 Å². The molecule has 2 unspecified atom stereocenters. The Bertz CT molecular complexity index is 1110. The highest BCUT2D eigenvalue weighted by atomic mass is 32.2. The van der Waals surface area contributed by atoms with Gasteiger partial charge in [-0.25, -0.2) is 9.59 Å². The molecular formula is C23H21N3O4S. The minimum absolute atomic E-state index is 0.220. The van der Waals surface area contributed by atoms with E-state index in [1.165, 1.54) is 0 Å². The number of fused-ring (bicyclic) bond motifs is 1. The van der Waals surface area contributed by atoms with Crippen molar-refractivity contribution in [1.29, 1.82) is 0 Å². The van der Waals surface area contributed by atoms with Gasteiger partial charge in [-0.3, -0.25) is 9.89 Å². The van der Waals surface area contributed by atoms with Crippen molar-refractivity contribution < 1.29 is 19.4 Å². The lowest BCUT2D eigenvalue weighted by Crippen LogP contribution is -2.49. The minimum atomic E-state index is -0.995. The number of amides is 2. The van der Waals surface area contributed by atoms with Crippen molar-refractivity contribution in [2.45, 2.75) is 13.0 Å². The van der Waals surface area contributed by atoms with Gasteiger partial charge in [0.05, 0.1) is 21.9 Å². The summed E-state index contributed by atoms with van der Waals surface area (Å²) in [6.45, 7) is 1.91. The van der Waals surface area contributed by atoms with E-state index in [-0.39, 0.29) is 16.9 Å². The third-order valence-corrected chi connectivity index (χ3v) is 6.15. The van der Waals surface area contributed by atoms with Crippen LogP contribution in [0.5, 0.6) is 11.5 Å². The first-order valence-corrected chi connectivity index (χ1v) is 10.5. The number of benzene rings is 2. The molecule has 2 heterocycles. The van der Waals surface area contributed by atoms with Gasteiger partial charge in [-0.2, -0.15) is 0 Å². The van der Waals surface area contributed by atoms with E-state index >= 15 is 0 Å². The Morgan fingerprint density at radius 3 is 2.61 bits per heavy atom. The molecule has 2 aliphatic heterocycles. The number of urea groups is 1. The number of nitrogens with one attached hydrogen (secondary N) is 1. The molecule has 158 valence electrons. The van der Waals surface area contributed by atoms with Gasteiger partial charge >= 0.3 is 12.0 Å². The van der Waals surface area contributed by atoms with Crippen molar-refractivity contribution in [3.8, 4) is 11.5 Å². The molecule has 0 radical (unpaired) electrons. The normalized spacial score (nSPS) is 19.2. The Balaban J connectivity index is 1.67. The van der Waals surface area contributed by atoms with Gasteiger partial charge in [-0.05, 0) is 48.9 Å². The molecule has 7 nitrogen and oxygen atoms in total. The van der Waals surface area contributed by atoms with Crippen LogP contribution in [0.1, 0.15) is 5.56 Å². The molecule has 0 fully saturated rings. The molecule has 2 atom stereocenters. The fraction of sp³-hybridized carbons (Fsp3) is 0.174. The number of carbonyl (C=O) groups is 2. The maximum Gasteiger partial charge on any atom is 0.342 e. The zero-order valence-electron chi connectivity index (χ0n) is 17.0. The molecule has 2 aromatic rings. The largest absolute Gasteiger partial charge is 0.477 e. The van der Waals surface area contributed by atoms with E-state index in [1.807, 2.05) is 61.5 Å². The van der Waals surface area contributed by atoms with Crippen LogP contribution in [0.15, 0.2) is 76.8 Å². The molecule has 0 aliphatic carbocycles. The SMILES string of the molecule is CNC(=O)N(c1ccc(Oc2ccccc2)cc1C)C1C=CN=C2SC(C(=O)O)=CC21. The fourth-order valence-electron chi connectivity index (χ4n) is 3.60. The van der Waals surface area contributed by atoms with Gasteiger partial charge in [-0.15, -0.1) is 0 Å². The van der Waals surface area contributed by atoms with Crippen LogP contribution in [-0.2, 0) is 4.79 Å². The molecular weight excluding hydrogens is 414 g/mol. The number of carboxylic acid groups (broad SMARTS) is 1. The maximum absolute atomic E-state index is 12.9. The molecule has 0 saturated carbocycles. The van der Waals surface area contributed by atoms with Gasteiger partial charge in [0.1, 0.15) is 11.5 Å². The summed E-state index contributed by atoms with van der Waals surface area (Å²) >= 11 is 1.13. The smallest absolute Gasteiger partial charge is 0.342 e. The Morgan fingerprint density at radius 1 is 1.16 bits per heavy atom. The highest BCUT2D eigenvalue weighted by molar-refractivity contribution is 8.18. The van der Waals surface area contributed by atoms with E-state index in [0.29, 0.717) is 16.5 Å². The van der Waals surface area contributed by atoms with Crippen LogP contribution >= 0.6 is 11.8 Å². The van der Waals surface area contributed by atoms with Crippen molar-refractivity contribution in [3.63, 3.8) is 0 Å². The first-order chi connectivity index (χ1) is 15.0. The molecule has 0 spiro atoms. The van der Waals surface area contributed by atoms with Crippen molar-refractivity contribution in [2.75, 3.05) is 11.9 Å². The number of nitrogens with zero attached hydrogens (tertiary/aromatic N) is 2. The molecule has 2 aliphatic rings. The third kappa shape index (κ3) is 4.20. The van der Waals surface area contributed by atoms with Crippen LogP contribution in [0.25, 0.3) is 0 Å². The first-order valence-electron chi connectivity index (χ1n) is 9.69. The monoisotopic (exact) mass is 435 g/mol. The second-order valence-electron chi connectivity index (χ2n) is 7.05. The summed E-state index contributed by atoms with van der Waals surface area (Å²) < 4.78 is 5.91. The molecule has 2 N–H and O–H groups in total. The summed E-state index contributed by atoms with van der Waals surface area (Å²) in [5.74, 6) is 0.0717. The van der Waals surface area contributed by atoms with Crippen molar-refractivity contribution >= 4 is 34.5 Å². The molecule has 0 saturated heterocycles. The maximum atomic E-state index is 12.9. The lowest BCUT2D eigenvalue weighted by Gasteiger charge is -2.35. The molecule has 8 heteroatoms. The van der Waals surface area contributed by atoms with E-state index in [1.54, 1.807) is 24.2 Å². The molecule has 4 rings (SSSR count). The van der Waals surface area contributed by atoms with Crippen LogP contribution in [0.4, 0.5) is 10.5 Å². The van der Waals surface area contributed by atoms with Gasteiger partial charge in [0, 0.05) is 18.9 Å². The highest BCUT2D eigenvalue weighted by Crippen LogP contribution is 2.40. The van der Waals surface area contributed by atoms with Crippen molar-refractivity contribution in [2.24, 2.45) is 10.9 Å². The Hall–Kier alpha value is -3.52. The highest BCUT2D eigenvalue weighted by Gasteiger charge is 2.39. The molecule has 0 aromatic heterocycles. The quantitative estimate of drug-likeness (QED) is 0.719. The number of ether oxygens (including phenoxy) is 1. The Morgan fingerprint density at radius 2 is 1.94 bits per heavy atom. The standard InChI is InChI=1S/C23H21N3O4S/c1-14-12-16(30-15-6-4-3-5-7-15)8-9-18(14)26(23(29)24-2)19-10-11-25-21-17(19)13-20(31-21)22(27)28/h3-13,17,19H,1-2H3,(H,24,29)(H,27,28). The lowest BCUT2D eigenvalue weighted by molar-refractivity contribution is -0.131. The number of thioether (sulfide) groups is 1. The second kappa shape index (κ2) is 8.69. The van der Waals surface area contributed by atoms with Crippen LogP contribution in [0.2, 0.25) is 0 Å². The zero-order valence-corrected chi connectivity index (χ0v) is 17.8. The number of anilines is 1. The summed E-state index contributed by atoms with van der Waals surface area (Å²) in [4.78, 5) is 30.5. The Labute approximate surface area is 184 Å². The minimum Gasteiger partial charge on any atom is -0.477 e. The van der Waals surface area contributed by atoms with Gasteiger partial charge in [0.25, 0.3) is 0 Å². The summed E-state index contributed by atoms with van der Waals surface area (Å²) in [7, 11) is 1.57. The number of hydrogen-bond donors (Lipinski definition) is 2. The molecule has 2 aromatic carbocycles. The van der Waals surface area contributed by atoms with Crippen LogP contribution in [-0.4, -0.2) is 35.2 Å². The number of carbonyl (C=O) groups excluding carboxylic acids is 1. The number of carboxylic acids is 1. The van der Waals surface area contributed by atoms with E-state index < -0.39 is 12.0 Å². The average molecular weight is 436 g/mol. The summed E-state index contributed by atoms with van der Waals surface area (Å²) in [6.07, 6.45) is 5.11. The number of aliphatic imine (C=N–C) groups is 1. The second-order valence-corrected chi connectivity index (χ2v) is 8.11. The zero-order chi connectivity index (χ0) is 22.0. The van der Waals surface area contributed by atoms with Crippen LogP contribution in [0.3, 0.4) is 0 Å². The third-order valence-electron chi connectivity index (χ3n) is 5.03. The fourth-order valence-corrected chi connectivity index (χ4v) is 4.59. The van der Waals surface area contributed by atoms with Crippen LogP contribution in [0, 0.1) is 12.8 Å². The first kappa shape index (κ1) is 20.7.